The van der Waals surface area contributed by atoms with E-state index in [1.807, 2.05) is 18.2 Å². The van der Waals surface area contributed by atoms with Gasteiger partial charge in [-0.25, -0.2) is 0 Å². The lowest BCUT2D eigenvalue weighted by molar-refractivity contribution is 0.353. The topological polar surface area (TPSA) is 60.7 Å². The van der Waals surface area contributed by atoms with Gasteiger partial charge in [0.2, 0.25) is 0 Å². The lowest BCUT2D eigenvalue weighted by Crippen LogP contribution is -1.94. The number of hydrogen-bond donors (Lipinski definition) is 0. The number of benzene rings is 2. The average molecular weight is 451 g/mol. The number of rotatable bonds is 6. The number of nitriles is 1. The van der Waals surface area contributed by atoms with E-state index >= 15 is 0 Å². The SMILES string of the molecule is COc1ccc(/C(C#N)=C/c2cc(I)c(OC)c(OC)c2)cc1OC. The fraction of sp³-hybridized carbons (Fsp3) is 0.211. The minimum Gasteiger partial charge on any atom is -0.493 e. The molecule has 0 heterocycles. The van der Waals surface area contributed by atoms with Gasteiger partial charge in [-0.3, -0.25) is 0 Å². The maximum absolute atomic E-state index is 9.58. The van der Waals surface area contributed by atoms with Gasteiger partial charge in [-0.15, -0.1) is 0 Å². The summed E-state index contributed by atoms with van der Waals surface area (Å²) in [4.78, 5) is 0. The molecule has 0 bridgehead atoms. The normalized spacial score (nSPS) is 10.8. The molecule has 6 heteroatoms. The second-order valence-electron chi connectivity index (χ2n) is 4.98. The summed E-state index contributed by atoms with van der Waals surface area (Å²) >= 11 is 2.18. The van der Waals surface area contributed by atoms with Gasteiger partial charge in [0.25, 0.3) is 0 Å². The van der Waals surface area contributed by atoms with Crippen molar-refractivity contribution in [3.63, 3.8) is 0 Å². The monoisotopic (exact) mass is 451 g/mol. The summed E-state index contributed by atoms with van der Waals surface area (Å²) < 4.78 is 22.2. The molecule has 130 valence electrons. The van der Waals surface area contributed by atoms with E-state index in [0.717, 1.165) is 14.7 Å². The van der Waals surface area contributed by atoms with E-state index in [1.54, 1.807) is 46.6 Å². The Kier molecular flexibility index (Phi) is 6.53. The molecule has 0 spiro atoms. The van der Waals surface area contributed by atoms with Crippen LogP contribution in [0, 0.1) is 14.9 Å². The summed E-state index contributed by atoms with van der Waals surface area (Å²) in [6, 6.07) is 11.4. The van der Waals surface area contributed by atoms with Crippen LogP contribution in [-0.2, 0) is 0 Å². The van der Waals surface area contributed by atoms with Crippen molar-refractivity contribution in [3.05, 3.63) is 45.0 Å². The standard InChI is InChI=1S/C19H18INO4/c1-22-16-6-5-13(10-17(16)23-2)14(11-21)7-12-8-15(20)19(25-4)18(9-12)24-3/h5-10H,1-4H3/b14-7+. The Bertz CT molecular complexity index is 840. The second kappa shape index (κ2) is 8.62. The van der Waals surface area contributed by atoms with Crippen LogP contribution in [0.15, 0.2) is 30.3 Å². The first-order valence-electron chi connectivity index (χ1n) is 7.33. The van der Waals surface area contributed by atoms with E-state index in [0.29, 0.717) is 28.6 Å². The Morgan fingerprint density at radius 1 is 0.920 bits per heavy atom. The summed E-state index contributed by atoms with van der Waals surface area (Å²) in [5.74, 6) is 2.47. The Labute approximate surface area is 160 Å². The van der Waals surface area contributed by atoms with E-state index in [-0.39, 0.29) is 0 Å². The summed E-state index contributed by atoms with van der Waals surface area (Å²) in [5.41, 5.74) is 2.09. The van der Waals surface area contributed by atoms with Crippen molar-refractivity contribution in [3.8, 4) is 29.1 Å². The molecule has 0 saturated heterocycles. The van der Waals surface area contributed by atoms with Crippen LogP contribution in [0.3, 0.4) is 0 Å². The van der Waals surface area contributed by atoms with Gasteiger partial charge < -0.3 is 18.9 Å². The van der Waals surface area contributed by atoms with E-state index < -0.39 is 0 Å². The molecular weight excluding hydrogens is 433 g/mol. The first kappa shape index (κ1) is 18.9. The summed E-state index contributed by atoms with van der Waals surface area (Å²) in [6.07, 6.45) is 1.80. The third kappa shape index (κ3) is 4.17. The van der Waals surface area contributed by atoms with Crippen molar-refractivity contribution in [2.24, 2.45) is 0 Å². The van der Waals surface area contributed by atoms with Crippen molar-refractivity contribution >= 4 is 34.2 Å². The van der Waals surface area contributed by atoms with Crippen molar-refractivity contribution in [2.45, 2.75) is 0 Å². The van der Waals surface area contributed by atoms with Crippen LogP contribution in [0.5, 0.6) is 23.0 Å². The zero-order chi connectivity index (χ0) is 18.4. The van der Waals surface area contributed by atoms with Crippen LogP contribution in [0.1, 0.15) is 11.1 Å². The molecule has 0 aliphatic heterocycles. The molecule has 0 N–H and O–H groups in total. The minimum atomic E-state index is 0.504. The summed E-state index contributed by atoms with van der Waals surface area (Å²) in [7, 11) is 6.32. The maximum Gasteiger partial charge on any atom is 0.174 e. The van der Waals surface area contributed by atoms with Crippen molar-refractivity contribution < 1.29 is 18.9 Å². The Morgan fingerprint density at radius 2 is 1.60 bits per heavy atom. The molecule has 25 heavy (non-hydrogen) atoms. The van der Waals surface area contributed by atoms with Gasteiger partial charge in [0.15, 0.2) is 23.0 Å². The Balaban J connectivity index is 2.51. The molecule has 2 aromatic rings. The fourth-order valence-electron chi connectivity index (χ4n) is 2.37. The van der Waals surface area contributed by atoms with Crippen LogP contribution in [0.2, 0.25) is 0 Å². The molecule has 0 radical (unpaired) electrons. The fourth-order valence-corrected chi connectivity index (χ4v) is 3.22. The predicted octanol–water partition coefficient (Wildman–Crippen LogP) is 4.39. The molecule has 0 aliphatic rings. The molecule has 5 nitrogen and oxygen atoms in total. The third-order valence-corrected chi connectivity index (χ3v) is 4.38. The molecule has 0 fully saturated rings. The second-order valence-corrected chi connectivity index (χ2v) is 6.14. The third-order valence-electron chi connectivity index (χ3n) is 3.58. The highest BCUT2D eigenvalue weighted by molar-refractivity contribution is 14.1. The molecule has 0 aliphatic carbocycles. The van der Waals surface area contributed by atoms with Crippen molar-refractivity contribution in [1.29, 1.82) is 5.26 Å². The van der Waals surface area contributed by atoms with Crippen molar-refractivity contribution in [1.82, 2.24) is 0 Å². The van der Waals surface area contributed by atoms with Crippen molar-refractivity contribution in [2.75, 3.05) is 28.4 Å². The zero-order valence-corrected chi connectivity index (χ0v) is 16.6. The highest BCUT2D eigenvalue weighted by atomic mass is 127. The first-order chi connectivity index (χ1) is 12.1. The van der Waals surface area contributed by atoms with E-state index in [4.69, 9.17) is 18.9 Å². The number of nitrogens with zero attached hydrogens (tertiary/aromatic N) is 1. The van der Waals surface area contributed by atoms with Crippen LogP contribution in [0.25, 0.3) is 11.6 Å². The minimum absolute atomic E-state index is 0.504. The van der Waals surface area contributed by atoms with Gasteiger partial charge in [0.1, 0.15) is 0 Å². The Morgan fingerprint density at radius 3 is 2.16 bits per heavy atom. The smallest absolute Gasteiger partial charge is 0.174 e. The largest absolute Gasteiger partial charge is 0.493 e. The molecule has 0 saturated carbocycles. The van der Waals surface area contributed by atoms with Crippen LogP contribution < -0.4 is 18.9 Å². The average Bonchev–Trinajstić information content (AvgIpc) is 2.64. The number of ether oxygens (including phenoxy) is 4. The molecular formula is C19H18INO4. The van der Waals surface area contributed by atoms with Gasteiger partial charge in [0, 0.05) is 0 Å². The molecule has 2 rings (SSSR count). The maximum atomic E-state index is 9.58. The van der Waals surface area contributed by atoms with Gasteiger partial charge in [-0.2, -0.15) is 5.26 Å². The molecule has 0 unspecified atom stereocenters. The van der Waals surface area contributed by atoms with Crippen LogP contribution in [-0.4, -0.2) is 28.4 Å². The van der Waals surface area contributed by atoms with E-state index in [1.165, 1.54) is 0 Å². The first-order valence-corrected chi connectivity index (χ1v) is 8.41. The predicted molar refractivity (Wildman–Crippen MR) is 105 cm³/mol. The van der Waals surface area contributed by atoms with Crippen LogP contribution >= 0.6 is 22.6 Å². The molecule has 0 aromatic heterocycles. The van der Waals surface area contributed by atoms with E-state index in [9.17, 15) is 5.26 Å². The van der Waals surface area contributed by atoms with Gasteiger partial charge in [-0.1, -0.05) is 0 Å². The molecule has 2 aromatic carbocycles. The number of halogens is 1. The quantitative estimate of drug-likeness (QED) is 0.371. The zero-order valence-electron chi connectivity index (χ0n) is 14.4. The van der Waals surface area contributed by atoms with Gasteiger partial charge >= 0.3 is 0 Å². The highest BCUT2D eigenvalue weighted by Gasteiger charge is 2.12. The number of hydrogen-bond acceptors (Lipinski definition) is 5. The molecule has 0 amide bonds. The van der Waals surface area contributed by atoms with E-state index in [2.05, 4.69) is 28.7 Å². The molecule has 0 atom stereocenters. The number of allylic oxidation sites excluding steroid dienone is 1. The Hall–Kier alpha value is -2.40. The van der Waals surface area contributed by atoms with Crippen LogP contribution in [0.4, 0.5) is 0 Å². The number of methoxy groups -OCH3 is 4. The van der Waals surface area contributed by atoms with Gasteiger partial charge in [0.05, 0.1) is 43.7 Å². The summed E-state index contributed by atoms with van der Waals surface area (Å²) in [5, 5.41) is 9.58. The lowest BCUT2D eigenvalue weighted by Gasteiger charge is -2.11. The highest BCUT2D eigenvalue weighted by Crippen LogP contribution is 2.35. The van der Waals surface area contributed by atoms with Gasteiger partial charge in [-0.05, 0) is 70.1 Å². The summed E-state index contributed by atoms with van der Waals surface area (Å²) in [6.45, 7) is 0. The lowest BCUT2D eigenvalue weighted by atomic mass is 10.0.